The molecular weight excluding hydrogens is 310 g/mol. The van der Waals surface area contributed by atoms with E-state index in [-0.39, 0.29) is 5.91 Å². The van der Waals surface area contributed by atoms with E-state index in [1.54, 1.807) is 11.8 Å². The standard InChI is InChI=1S/C14H20BrNOS/c1-5-12(9-18-4)16(3)14(17)13-8-11(15)7-6-10(13)2/h6-8,12H,5,9H2,1-4H3. The van der Waals surface area contributed by atoms with E-state index in [9.17, 15) is 4.79 Å². The van der Waals surface area contributed by atoms with Crippen molar-refractivity contribution in [2.75, 3.05) is 19.1 Å². The molecule has 4 heteroatoms. The summed E-state index contributed by atoms with van der Waals surface area (Å²) in [4.78, 5) is 14.4. The van der Waals surface area contributed by atoms with Crippen LogP contribution < -0.4 is 0 Å². The first kappa shape index (κ1) is 15.6. The number of carbonyl (C=O) groups is 1. The lowest BCUT2D eigenvalue weighted by molar-refractivity contribution is 0.0743. The minimum atomic E-state index is 0.106. The summed E-state index contributed by atoms with van der Waals surface area (Å²) >= 11 is 5.20. The molecule has 1 unspecified atom stereocenters. The summed E-state index contributed by atoms with van der Waals surface area (Å²) in [6, 6.07) is 6.14. The quantitative estimate of drug-likeness (QED) is 0.814. The predicted octanol–water partition coefficient (Wildman–Crippen LogP) is 3.97. The maximum Gasteiger partial charge on any atom is 0.254 e. The Kier molecular flexibility index (Phi) is 6.22. The van der Waals surface area contributed by atoms with Crippen LogP contribution in [-0.4, -0.2) is 35.9 Å². The van der Waals surface area contributed by atoms with Gasteiger partial charge < -0.3 is 4.90 Å². The summed E-state index contributed by atoms with van der Waals surface area (Å²) in [7, 11) is 1.90. The Hall–Kier alpha value is -0.480. The first-order valence-electron chi connectivity index (χ1n) is 6.03. The number of hydrogen-bond acceptors (Lipinski definition) is 2. The SMILES string of the molecule is CCC(CSC)N(C)C(=O)c1cc(Br)ccc1C. The Labute approximate surface area is 122 Å². The number of halogens is 1. The van der Waals surface area contributed by atoms with Gasteiger partial charge in [-0.2, -0.15) is 11.8 Å². The minimum Gasteiger partial charge on any atom is -0.338 e. The van der Waals surface area contributed by atoms with Crippen molar-refractivity contribution in [3.05, 3.63) is 33.8 Å². The van der Waals surface area contributed by atoms with Crippen molar-refractivity contribution in [2.45, 2.75) is 26.3 Å². The van der Waals surface area contributed by atoms with E-state index in [2.05, 4.69) is 29.1 Å². The normalized spacial score (nSPS) is 12.3. The first-order chi connectivity index (χ1) is 8.51. The Morgan fingerprint density at radius 1 is 1.50 bits per heavy atom. The Bertz CT molecular complexity index is 422. The number of nitrogens with zero attached hydrogens (tertiary/aromatic N) is 1. The van der Waals surface area contributed by atoms with Crippen molar-refractivity contribution in [1.29, 1.82) is 0 Å². The molecule has 0 aliphatic heterocycles. The fraction of sp³-hybridized carbons (Fsp3) is 0.500. The van der Waals surface area contributed by atoms with Gasteiger partial charge in [-0.15, -0.1) is 0 Å². The maximum absolute atomic E-state index is 12.5. The fourth-order valence-corrected chi connectivity index (χ4v) is 3.08. The van der Waals surface area contributed by atoms with Crippen molar-refractivity contribution in [2.24, 2.45) is 0 Å². The van der Waals surface area contributed by atoms with Crippen molar-refractivity contribution in [3.63, 3.8) is 0 Å². The van der Waals surface area contributed by atoms with E-state index in [0.717, 1.165) is 27.8 Å². The molecule has 1 aromatic carbocycles. The third kappa shape index (κ3) is 3.75. The molecule has 0 aromatic heterocycles. The molecule has 0 radical (unpaired) electrons. The molecule has 1 rings (SSSR count). The van der Waals surface area contributed by atoms with Crippen molar-refractivity contribution >= 4 is 33.6 Å². The number of amides is 1. The van der Waals surface area contributed by atoms with Gasteiger partial charge in [0.25, 0.3) is 5.91 Å². The van der Waals surface area contributed by atoms with E-state index in [1.807, 2.05) is 37.1 Å². The van der Waals surface area contributed by atoms with Crippen LogP contribution in [0.25, 0.3) is 0 Å². The zero-order valence-corrected chi connectivity index (χ0v) is 13.8. The molecule has 2 nitrogen and oxygen atoms in total. The van der Waals surface area contributed by atoms with E-state index in [0.29, 0.717) is 6.04 Å². The first-order valence-corrected chi connectivity index (χ1v) is 8.22. The average Bonchev–Trinajstić information content (AvgIpc) is 2.37. The molecule has 0 spiro atoms. The fourth-order valence-electron chi connectivity index (χ4n) is 1.88. The molecule has 1 amide bonds. The van der Waals surface area contributed by atoms with Crippen LogP contribution >= 0.6 is 27.7 Å². The second-order valence-electron chi connectivity index (χ2n) is 4.39. The highest BCUT2D eigenvalue weighted by atomic mass is 79.9. The van der Waals surface area contributed by atoms with E-state index in [1.165, 1.54) is 0 Å². The number of benzene rings is 1. The molecule has 0 aliphatic rings. The van der Waals surface area contributed by atoms with Gasteiger partial charge in [0.2, 0.25) is 0 Å². The number of hydrogen-bond donors (Lipinski definition) is 0. The molecule has 0 heterocycles. The molecule has 0 saturated heterocycles. The van der Waals surface area contributed by atoms with Gasteiger partial charge in [0, 0.05) is 28.9 Å². The van der Waals surface area contributed by atoms with Crippen LogP contribution in [0.15, 0.2) is 22.7 Å². The van der Waals surface area contributed by atoms with E-state index >= 15 is 0 Å². The van der Waals surface area contributed by atoms with Crippen LogP contribution in [0.5, 0.6) is 0 Å². The summed E-state index contributed by atoms with van der Waals surface area (Å²) in [5, 5.41) is 0. The summed E-state index contributed by atoms with van der Waals surface area (Å²) in [5.74, 6) is 1.08. The molecule has 0 aliphatic carbocycles. The molecular formula is C14H20BrNOS. The van der Waals surface area contributed by atoms with Gasteiger partial charge in [-0.1, -0.05) is 28.9 Å². The molecule has 0 bridgehead atoms. The summed E-state index contributed by atoms with van der Waals surface area (Å²) < 4.78 is 0.947. The Morgan fingerprint density at radius 3 is 2.72 bits per heavy atom. The highest BCUT2D eigenvalue weighted by molar-refractivity contribution is 9.10. The largest absolute Gasteiger partial charge is 0.338 e. The zero-order chi connectivity index (χ0) is 13.7. The van der Waals surface area contributed by atoms with Gasteiger partial charge in [0.05, 0.1) is 0 Å². The molecule has 1 atom stereocenters. The number of aryl methyl sites for hydroxylation is 1. The van der Waals surface area contributed by atoms with Crippen LogP contribution in [0.4, 0.5) is 0 Å². The highest BCUT2D eigenvalue weighted by Gasteiger charge is 2.20. The van der Waals surface area contributed by atoms with Gasteiger partial charge in [0.15, 0.2) is 0 Å². The van der Waals surface area contributed by atoms with Crippen LogP contribution in [0.1, 0.15) is 29.3 Å². The molecule has 1 aromatic rings. The smallest absolute Gasteiger partial charge is 0.254 e. The molecule has 18 heavy (non-hydrogen) atoms. The predicted molar refractivity (Wildman–Crippen MR) is 83.4 cm³/mol. The summed E-state index contributed by atoms with van der Waals surface area (Å²) in [6.07, 6.45) is 3.06. The van der Waals surface area contributed by atoms with Crippen LogP contribution in [0.3, 0.4) is 0 Å². The van der Waals surface area contributed by atoms with E-state index < -0.39 is 0 Å². The average molecular weight is 330 g/mol. The molecule has 0 fully saturated rings. The van der Waals surface area contributed by atoms with Crippen molar-refractivity contribution in [3.8, 4) is 0 Å². The van der Waals surface area contributed by atoms with E-state index in [4.69, 9.17) is 0 Å². The van der Waals surface area contributed by atoms with Crippen LogP contribution in [0, 0.1) is 6.92 Å². The third-order valence-corrected chi connectivity index (χ3v) is 4.34. The lowest BCUT2D eigenvalue weighted by Gasteiger charge is -2.27. The Balaban J connectivity index is 2.95. The lowest BCUT2D eigenvalue weighted by Crippen LogP contribution is -2.38. The van der Waals surface area contributed by atoms with Gasteiger partial charge >= 0.3 is 0 Å². The number of thioether (sulfide) groups is 1. The number of rotatable bonds is 5. The van der Waals surface area contributed by atoms with Crippen molar-refractivity contribution in [1.82, 2.24) is 4.90 Å². The van der Waals surface area contributed by atoms with Gasteiger partial charge in [-0.3, -0.25) is 4.79 Å². The second-order valence-corrected chi connectivity index (χ2v) is 6.22. The lowest BCUT2D eigenvalue weighted by atomic mass is 10.1. The number of carbonyl (C=O) groups excluding carboxylic acids is 1. The maximum atomic E-state index is 12.5. The minimum absolute atomic E-state index is 0.106. The summed E-state index contributed by atoms with van der Waals surface area (Å²) in [6.45, 7) is 4.10. The van der Waals surface area contributed by atoms with Gasteiger partial charge in [-0.05, 0) is 37.3 Å². The topological polar surface area (TPSA) is 20.3 Å². The van der Waals surface area contributed by atoms with Gasteiger partial charge in [-0.25, -0.2) is 0 Å². The van der Waals surface area contributed by atoms with Gasteiger partial charge in [0.1, 0.15) is 0 Å². The summed E-state index contributed by atoms with van der Waals surface area (Å²) in [5.41, 5.74) is 1.81. The Morgan fingerprint density at radius 2 is 2.17 bits per heavy atom. The molecule has 0 N–H and O–H groups in total. The second kappa shape index (κ2) is 7.19. The van der Waals surface area contributed by atoms with Crippen LogP contribution in [-0.2, 0) is 0 Å². The zero-order valence-electron chi connectivity index (χ0n) is 11.4. The molecule has 0 saturated carbocycles. The monoisotopic (exact) mass is 329 g/mol. The molecule has 100 valence electrons. The van der Waals surface area contributed by atoms with Crippen molar-refractivity contribution < 1.29 is 4.79 Å². The van der Waals surface area contributed by atoms with Crippen LogP contribution in [0.2, 0.25) is 0 Å². The highest BCUT2D eigenvalue weighted by Crippen LogP contribution is 2.19. The third-order valence-electron chi connectivity index (χ3n) is 3.13.